The highest BCUT2D eigenvalue weighted by Gasteiger charge is 2.54. The molecular weight excluding hydrogens is 238 g/mol. The van der Waals surface area contributed by atoms with Gasteiger partial charge in [0.25, 0.3) is 0 Å². The van der Waals surface area contributed by atoms with Gasteiger partial charge in [0.2, 0.25) is 5.91 Å². The number of rotatable bonds is 7. The molecule has 0 aromatic heterocycles. The van der Waals surface area contributed by atoms with Gasteiger partial charge in [0.1, 0.15) is 0 Å². The monoisotopic (exact) mass is 259 g/mol. The minimum absolute atomic E-state index is 0.277. The zero-order valence-corrected chi connectivity index (χ0v) is 11.0. The number of ether oxygens (including phenoxy) is 1. The maximum absolute atomic E-state index is 11.9. The van der Waals surface area contributed by atoms with Crippen LogP contribution in [0.1, 0.15) is 32.1 Å². The summed E-state index contributed by atoms with van der Waals surface area (Å²) < 4.78 is 5.25. The number of amides is 1. The van der Waals surface area contributed by atoms with Gasteiger partial charge in [0.15, 0.2) is 0 Å². The first-order valence-electron chi connectivity index (χ1n) is 6.76. The quantitative estimate of drug-likeness (QED) is 0.562. The van der Waals surface area contributed by atoms with E-state index in [1.807, 2.05) is 0 Å². The Kier molecular flexibility index (Phi) is 5.11. The lowest BCUT2D eigenvalue weighted by Gasteiger charge is -2.05. The van der Waals surface area contributed by atoms with Gasteiger partial charge in [-0.15, -0.1) is 11.6 Å². The molecule has 0 radical (unpaired) electrons. The van der Waals surface area contributed by atoms with Gasteiger partial charge in [-0.2, -0.15) is 0 Å². The molecule has 3 nitrogen and oxygen atoms in total. The van der Waals surface area contributed by atoms with Crippen LogP contribution >= 0.6 is 11.6 Å². The number of carbonyl (C=O) groups is 1. The van der Waals surface area contributed by atoms with Crippen molar-refractivity contribution < 1.29 is 9.53 Å². The third kappa shape index (κ3) is 3.59. The normalized spacial score (nSPS) is 30.8. The van der Waals surface area contributed by atoms with E-state index in [1.54, 1.807) is 0 Å². The van der Waals surface area contributed by atoms with Crippen molar-refractivity contribution in [2.24, 2.45) is 17.8 Å². The highest BCUT2D eigenvalue weighted by molar-refractivity contribution is 6.17. The summed E-state index contributed by atoms with van der Waals surface area (Å²) in [7, 11) is 0. The molecule has 2 saturated carbocycles. The third-order valence-corrected chi connectivity index (χ3v) is 4.10. The molecule has 0 heterocycles. The van der Waals surface area contributed by atoms with Gasteiger partial charge in [-0.1, -0.05) is 12.8 Å². The first kappa shape index (κ1) is 13.2. The summed E-state index contributed by atoms with van der Waals surface area (Å²) in [6, 6.07) is 0. The van der Waals surface area contributed by atoms with E-state index in [-0.39, 0.29) is 5.91 Å². The van der Waals surface area contributed by atoms with E-state index < -0.39 is 0 Å². The van der Waals surface area contributed by atoms with Crippen LogP contribution in [0.3, 0.4) is 0 Å². The second-order valence-corrected chi connectivity index (χ2v) is 5.46. The Balaban J connectivity index is 1.53. The Morgan fingerprint density at radius 2 is 1.94 bits per heavy atom. The number of nitrogens with one attached hydrogen (secondary N) is 1. The van der Waals surface area contributed by atoms with Crippen LogP contribution in [0.2, 0.25) is 0 Å². The van der Waals surface area contributed by atoms with E-state index in [0.29, 0.717) is 36.8 Å². The van der Waals surface area contributed by atoms with Gasteiger partial charge >= 0.3 is 0 Å². The van der Waals surface area contributed by atoms with Gasteiger partial charge in [-0.05, 0) is 31.1 Å². The second kappa shape index (κ2) is 6.60. The van der Waals surface area contributed by atoms with Crippen molar-refractivity contribution in [3.63, 3.8) is 0 Å². The fourth-order valence-corrected chi connectivity index (χ4v) is 3.15. The van der Waals surface area contributed by atoms with E-state index in [0.717, 1.165) is 13.0 Å². The molecule has 1 amide bonds. The van der Waals surface area contributed by atoms with Gasteiger partial charge in [0, 0.05) is 24.9 Å². The summed E-state index contributed by atoms with van der Waals surface area (Å²) >= 11 is 5.49. The molecule has 2 atom stereocenters. The van der Waals surface area contributed by atoms with Gasteiger partial charge < -0.3 is 10.1 Å². The van der Waals surface area contributed by atoms with Crippen LogP contribution in [0.4, 0.5) is 0 Å². The Bertz CT molecular complexity index is 248. The zero-order chi connectivity index (χ0) is 12.1. The number of hydrogen-bond donors (Lipinski definition) is 1. The molecule has 0 aliphatic heterocycles. The molecule has 2 aliphatic rings. The lowest BCUT2D eigenvalue weighted by Crippen LogP contribution is -2.27. The SMILES string of the molecule is O=C(NCCCOCCCl)C1C2CCCCC21. The maximum atomic E-state index is 11.9. The van der Waals surface area contributed by atoms with E-state index in [9.17, 15) is 4.79 Å². The highest BCUT2D eigenvalue weighted by atomic mass is 35.5. The van der Waals surface area contributed by atoms with E-state index in [4.69, 9.17) is 16.3 Å². The molecule has 2 aliphatic carbocycles. The molecule has 17 heavy (non-hydrogen) atoms. The largest absolute Gasteiger partial charge is 0.380 e. The summed E-state index contributed by atoms with van der Waals surface area (Å²) in [6.07, 6.45) is 6.04. The fraction of sp³-hybridized carbons (Fsp3) is 0.923. The minimum atomic E-state index is 0.277. The average molecular weight is 260 g/mol. The molecule has 0 saturated heterocycles. The fourth-order valence-electron chi connectivity index (χ4n) is 3.04. The average Bonchev–Trinajstić information content (AvgIpc) is 3.07. The van der Waals surface area contributed by atoms with Gasteiger partial charge in [-0.25, -0.2) is 0 Å². The molecule has 0 bridgehead atoms. The van der Waals surface area contributed by atoms with Crippen molar-refractivity contribution >= 4 is 17.5 Å². The lowest BCUT2D eigenvalue weighted by atomic mass is 10.0. The standard InChI is InChI=1S/C13H22ClNO2/c14-6-9-17-8-3-7-15-13(16)12-10-4-1-2-5-11(10)12/h10-12H,1-9H2,(H,15,16). The molecule has 0 aromatic carbocycles. The second-order valence-electron chi connectivity index (χ2n) is 5.08. The van der Waals surface area contributed by atoms with Crippen molar-refractivity contribution in [1.29, 1.82) is 0 Å². The van der Waals surface area contributed by atoms with Crippen LogP contribution in [0.15, 0.2) is 0 Å². The van der Waals surface area contributed by atoms with Crippen molar-refractivity contribution in [2.45, 2.75) is 32.1 Å². The molecule has 2 unspecified atom stereocenters. The zero-order valence-electron chi connectivity index (χ0n) is 10.3. The van der Waals surface area contributed by atoms with Crippen LogP contribution in [0.5, 0.6) is 0 Å². The van der Waals surface area contributed by atoms with Crippen LogP contribution in [0.25, 0.3) is 0 Å². The molecule has 2 rings (SSSR count). The Hall–Kier alpha value is -0.280. The van der Waals surface area contributed by atoms with Crippen LogP contribution in [-0.4, -0.2) is 31.5 Å². The van der Waals surface area contributed by atoms with Crippen molar-refractivity contribution in [2.75, 3.05) is 25.6 Å². The van der Waals surface area contributed by atoms with Crippen LogP contribution in [-0.2, 0) is 9.53 Å². The van der Waals surface area contributed by atoms with Crippen molar-refractivity contribution in [3.05, 3.63) is 0 Å². The summed E-state index contributed by atoms with van der Waals surface area (Å²) in [5.41, 5.74) is 0. The lowest BCUT2D eigenvalue weighted by molar-refractivity contribution is -0.122. The Morgan fingerprint density at radius 1 is 1.24 bits per heavy atom. The number of alkyl halides is 1. The number of fused-ring (bicyclic) bond motifs is 1. The predicted octanol–water partition coefficient (Wildman–Crippen LogP) is 2.18. The maximum Gasteiger partial charge on any atom is 0.223 e. The van der Waals surface area contributed by atoms with Crippen molar-refractivity contribution in [1.82, 2.24) is 5.32 Å². The van der Waals surface area contributed by atoms with Gasteiger partial charge in [-0.3, -0.25) is 4.79 Å². The smallest absolute Gasteiger partial charge is 0.223 e. The molecule has 4 heteroatoms. The summed E-state index contributed by atoms with van der Waals surface area (Å²) in [6.45, 7) is 2.02. The molecule has 2 fully saturated rings. The molecule has 1 N–H and O–H groups in total. The third-order valence-electron chi connectivity index (χ3n) is 3.95. The molecule has 98 valence electrons. The summed E-state index contributed by atoms with van der Waals surface area (Å²) in [5, 5.41) is 3.03. The molecular formula is C13H22ClNO2. The van der Waals surface area contributed by atoms with Gasteiger partial charge in [0.05, 0.1) is 6.61 Å². The summed E-state index contributed by atoms with van der Waals surface area (Å²) in [4.78, 5) is 11.9. The minimum Gasteiger partial charge on any atom is -0.380 e. The number of carbonyl (C=O) groups excluding carboxylic acids is 1. The Labute approximate surface area is 108 Å². The highest BCUT2D eigenvalue weighted by Crippen LogP contribution is 2.55. The van der Waals surface area contributed by atoms with E-state index in [1.165, 1.54) is 25.7 Å². The predicted molar refractivity (Wildman–Crippen MR) is 68.1 cm³/mol. The summed E-state index contributed by atoms with van der Waals surface area (Å²) in [5.74, 6) is 2.56. The number of hydrogen-bond acceptors (Lipinski definition) is 2. The van der Waals surface area contributed by atoms with E-state index in [2.05, 4.69) is 5.32 Å². The Morgan fingerprint density at radius 3 is 2.59 bits per heavy atom. The first-order chi connectivity index (χ1) is 8.34. The first-order valence-corrected chi connectivity index (χ1v) is 7.29. The van der Waals surface area contributed by atoms with Crippen LogP contribution < -0.4 is 5.32 Å². The van der Waals surface area contributed by atoms with Crippen molar-refractivity contribution in [3.8, 4) is 0 Å². The number of halogens is 1. The van der Waals surface area contributed by atoms with E-state index >= 15 is 0 Å². The van der Waals surface area contributed by atoms with Crippen LogP contribution in [0, 0.1) is 17.8 Å². The topological polar surface area (TPSA) is 38.3 Å². The molecule has 0 aromatic rings. The molecule has 0 spiro atoms.